The Morgan fingerprint density at radius 2 is 2.16 bits per heavy atom. The van der Waals surface area contributed by atoms with Crippen LogP contribution in [0.1, 0.15) is 23.7 Å². The van der Waals surface area contributed by atoms with Crippen LogP contribution in [0.3, 0.4) is 0 Å². The molecule has 0 saturated carbocycles. The van der Waals surface area contributed by atoms with Crippen LogP contribution in [-0.2, 0) is 0 Å². The van der Waals surface area contributed by atoms with Crippen LogP contribution in [0.2, 0.25) is 5.02 Å². The Balaban J connectivity index is 3.24. The van der Waals surface area contributed by atoms with Gasteiger partial charge in [-0.3, -0.25) is 14.9 Å². The van der Waals surface area contributed by atoms with Crippen molar-refractivity contribution in [3.8, 4) is 0 Å². The molecule has 0 bridgehead atoms. The van der Waals surface area contributed by atoms with Crippen LogP contribution in [0, 0.1) is 10.1 Å². The largest absolute Gasteiger partial charge is 0.381 e. The molecule has 0 saturated heterocycles. The molecule has 1 aromatic rings. The highest BCUT2D eigenvalue weighted by atomic mass is 35.5. The number of nitro groups is 1. The molecular weight excluding hydrogens is 270 g/mol. The van der Waals surface area contributed by atoms with Gasteiger partial charge in [0.05, 0.1) is 9.95 Å². The third kappa shape index (κ3) is 3.35. The molecule has 0 radical (unpaired) electrons. The number of nitrogens with one attached hydrogen (secondary N) is 1. The monoisotopic (exact) mass is 285 g/mol. The van der Waals surface area contributed by atoms with Crippen molar-refractivity contribution in [1.29, 1.82) is 0 Å². The number of anilines is 1. The lowest BCUT2D eigenvalue weighted by Gasteiger charge is -2.16. The Hall–Kier alpha value is -1.82. The van der Waals surface area contributed by atoms with E-state index in [1.54, 1.807) is 14.1 Å². The number of hydrogen-bond donors (Lipinski definition) is 1. The molecule has 0 aliphatic rings. The summed E-state index contributed by atoms with van der Waals surface area (Å²) in [5, 5.41) is 13.8. The van der Waals surface area contributed by atoms with Gasteiger partial charge in [-0.2, -0.15) is 0 Å². The summed E-state index contributed by atoms with van der Waals surface area (Å²) >= 11 is 5.97. The van der Waals surface area contributed by atoms with Gasteiger partial charge in [-0.1, -0.05) is 18.5 Å². The van der Waals surface area contributed by atoms with Crippen LogP contribution in [0.5, 0.6) is 0 Å². The minimum atomic E-state index is -0.561. The van der Waals surface area contributed by atoms with Crippen LogP contribution in [0.4, 0.5) is 11.4 Å². The quantitative estimate of drug-likeness (QED) is 0.667. The average molecular weight is 286 g/mol. The van der Waals surface area contributed by atoms with Crippen molar-refractivity contribution < 1.29 is 9.72 Å². The second-order valence-corrected chi connectivity index (χ2v) is 4.49. The minimum Gasteiger partial charge on any atom is -0.381 e. The maximum absolute atomic E-state index is 12.1. The Bertz CT molecular complexity index is 505. The normalized spacial score (nSPS) is 10.1. The van der Waals surface area contributed by atoms with Gasteiger partial charge < -0.3 is 10.2 Å². The lowest BCUT2D eigenvalue weighted by Crippen LogP contribution is -2.27. The van der Waals surface area contributed by atoms with Gasteiger partial charge >= 0.3 is 0 Å². The van der Waals surface area contributed by atoms with E-state index in [2.05, 4.69) is 5.32 Å². The van der Waals surface area contributed by atoms with E-state index < -0.39 is 4.92 Å². The van der Waals surface area contributed by atoms with Gasteiger partial charge in [-0.25, -0.2) is 0 Å². The first kappa shape index (κ1) is 15.2. The summed E-state index contributed by atoms with van der Waals surface area (Å²) in [5.41, 5.74) is 0.219. The molecule has 0 aliphatic heterocycles. The molecule has 7 heteroatoms. The Morgan fingerprint density at radius 1 is 1.53 bits per heavy atom. The van der Waals surface area contributed by atoms with Crippen LogP contribution in [-0.4, -0.2) is 36.4 Å². The highest BCUT2D eigenvalue weighted by Crippen LogP contribution is 2.33. The lowest BCUT2D eigenvalue weighted by molar-refractivity contribution is -0.383. The maximum atomic E-state index is 12.1. The molecule has 0 fully saturated rings. The van der Waals surface area contributed by atoms with E-state index in [-0.39, 0.29) is 27.9 Å². The van der Waals surface area contributed by atoms with Crippen LogP contribution < -0.4 is 5.32 Å². The van der Waals surface area contributed by atoms with E-state index in [0.717, 1.165) is 6.42 Å². The third-order valence-corrected chi connectivity index (χ3v) is 2.97. The van der Waals surface area contributed by atoms with Crippen molar-refractivity contribution in [2.24, 2.45) is 0 Å². The lowest BCUT2D eigenvalue weighted by atomic mass is 10.1. The summed E-state index contributed by atoms with van der Waals surface area (Å²) in [4.78, 5) is 24.0. The third-order valence-electron chi connectivity index (χ3n) is 2.67. The predicted octanol–water partition coefficient (Wildman–Crippen LogP) is 2.77. The first-order valence-corrected chi connectivity index (χ1v) is 6.21. The number of carbonyl (C=O) groups excluding carboxylic acids is 1. The highest BCUT2D eigenvalue weighted by molar-refractivity contribution is 6.34. The standard InChI is InChI=1S/C12H16ClN3O3/c1-4-5-15(3)12(17)8-6-9(13)11(14-2)10(7-8)16(18)19/h6-7,14H,4-5H2,1-3H3. The van der Waals surface area contributed by atoms with Gasteiger partial charge in [-0.05, 0) is 12.5 Å². The maximum Gasteiger partial charge on any atom is 0.294 e. The number of benzene rings is 1. The van der Waals surface area contributed by atoms with Crippen molar-refractivity contribution in [3.05, 3.63) is 32.8 Å². The first-order valence-electron chi connectivity index (χ1n) is 5.83. The smallest absolute Gasteiger partial charge is 0.294 e. The van der Waals surface area contributed by atoms with Gasteiger partial charge in [-0.15, -0.1) is 0 Å². The fourth-order valence-corrected chi connectivity index (χ4v) is 2.07. The van der Waals surface area contributed by atoms with Crippen molar-refractivity contribution in [1.82, 2.24) is 4.90 Å². The van der Waals surface area contributed by atoms with Crippen molar-refractivity contribution in [3.63, 3.8) is 0 Å². The predicted molar refractivity (Wildman–Crippen MR) is 74.9 cm³/mol. The van der Waals surface area contributed by atoms with E-state index in [1.165, 1.54) is 17.0 Å². The number of hydrogen-bond acceptors (Lipinski definition) is 4. The summed E-state index contributed by atoms with van der Waals surface area (Å²) in [7, 11) is 3.19. The van der Waals surface area contributed by atoms with E-state index in [9.17, 15) is 14.9 Å². The van der Waals surface area contributed by atoms with E-state index in [0.29, 0.717) is 6.54 Å². The molecule has 19 heavy (non-hydrogen) atoms. The molecule has 6 nitrogen and oxygen atoms in total. The van der Waals surface area contributed by atoms with Gasteiger partial charge in [0.25, 0.3) is 11.6 Å². The molecule has 0 aliphatic carbocycles. The summed E-state index contributed by atoms with van der Waals surface area (Å²) in [6.07, 6.45) is 0.812. The van der Waals surface area contributed by atoms with Crippen LogP contribution >= 0.6 is 11.6 Å². The molecule has 0 heterocycles. The van der Waals surface area contributed by atoms with Crippen LogP contribution in [0.15, 0.2) is 12.1 Å². The Morgan fingerprint density at radius 3 is 2.63 bits per heavy atom. The summed E-state index contributed by atoms with van der Waals surface area (Å²) in [5.74, 6) is -0.283. The molecule has 0 atom stereocenters. The summed E-state index contributed by atoms with van der Waals surface area (Å²) < 4.78 is 0. The number of nitro benzene ring substituents is 1. The molecule has 104 valence electrons. The first-order chi connectivity index (χ1) is 8.92. The van der Waals surface area contributed by atoms with Gasteiger partial charge in [0.2, 0.25) is 0 Å². The van der Waals surface area contributed by atoms with Gasteiger partial charge in [0.1, 0.15) is 5.69 Å². The molecule has 1 N–H and O–H groups in total. The Labute approximate surface area is 116 Å². The number of amides is 1. The average Bonchev–Trinajstić information content (AvgIpc) is 2.36. The molecule has 1 amide bonds. The number of halogens is 1. The molecule has 0 spiro atoms. The topological polar surface area (TPSA) is 75.5 Å². The minimum absolute atomic E-state index is 0.157. The SMILES string of the molecule is CCCN(C)C(=O)c1cc(Cl)c(NC)c([N+](=O)[O-])c1. The zero-order chi connectivity index (χ0) is 14.6. The number of nitrogens with zero attached hydrogens (tertiary/aromatic N) is 2. The fraction of sp³-hybridized carbons (Fsp3) is 0.417. The van der Waals surface area contributed by atoms with E-state index in [1.807, 2.05) is 6.92 Å². The zero-order valence-electron chi connectivity index (χ0n) is 11.1. The molecular formula is C12H16ClN3O3. The zero-order valence-corrected chi connectivity index (χ0v) is 11.8. The molecule has 1 rings (SSSR count). The fourth-order valence-electron chi connectivity index (χ4n) is 1.76. The van der Waals surface area contributed by atoms with E-state index >= 15 is 0 Å². The highest BCUT2D eigenvalue weighted by Gasteiger charge is 2.21. The number of rotatable bonds is 5. The van der Waals surface area contributed by atoms with Crippen molar-refractivity contribution in [2.45, 2.75) is 13.3 Å². The van der Waals surface area contributed by atoms with Crippen molar-refractivity contribution in [2.75, 3.05) is 26.0 Å². The van der Waals surface area contributed by atoms with Gasteiger partial charge in [0, 0.05) is 32.3 Å². The van der Waals surface area contributed by atoms with Crippen LogP contribution in [0.25, 0.3) is 0 Å². The molecule has 0 unspecified atom stereocenters. The van der Waals surface area contributed by atoms with Crippen molar-refractivity contribution >= 4 is 28.9 Å². The molecule has 0 aromatic heterocycles. The summed E-state index contributed by atoms with van der Waals surface area (Å²) in [6, 6.07) is 2.68. The molecule has 1 aromatic carbocycles. The second kappa shape index (κ2) is 6.38. The van der Waals surface area contributed by atoms with Gasteiger partial charge in [0.15, 0.2) is 0 Å². The Kier molecular flexibility index (Phi) is 5.11. The number of carbonyl (C=O) groups is 1. The van der Waals surface area contributed by atoms with E-state index in [4.69, 9.17) is 11.6 Å². The second-order valence-electron chi connectivity index (χ2n) is 4.09. The summed E-state index contributed by atoms with van der Waals surface area (Å²) in [6.45, 7) is 2.53.